The molecular weight excluding hydrogens is 452 g/mol. The van der Waals surface area contributed by atoms with Crippen LogP contribution in [0.1, 0.15) is 24.8 Å². The second-order valence-corrected chi connectivity index (χ2v) is 8.15. The molecule has 0 bridgehead atoms. The molecule has 1 fully saturated rings. The molecule has 1 aliphatic rings. The maximum Gasteiger partial charge on any atom is 0.324 e. The van der Waals surface area contributed by atoms with Crippen molar-refractivity contribution in [3.05, 3.63) is 65.0 Å². The first-order valence-electron chi connectivity index (χ1n) is 10.7. The zero-order chi connectivity index (χ0) is 23.4. The molecule has 0 radical (unpaired) electrons. The highest BCUT2D eigenvalue weighted by molar-refractivity contribution is 6.30. The van der Waals surface area contributed by atoms with Crippen LogP contribution in [0.25, 0.3) is 11.5 Å². The first kappa shape index (κ1) is 23.1. The van der Waals surface area contributed by atoms with Crippen LogP contribution in [-0.4, -0.2) is 58.8 Å². The van der Waals surface area contributed by atoms with Gasteiger partial charge in [0.15, 0.2) is 0 Å². The number of likely N-dealkylation sites (N-methyl/N-ethyl adjacent to an activating group) is 1. The summed E-state index contributed by atoms with van der Waals surface area (Å²) in [6.45, 7) is 6.43. The van der Waals surface area contributed by atoms with Gasteiger partial charge in [0.05, 0.1) is 6.54 Å². The lowest BCUT2D eigenvalue weighted by atomic mass is 10.1. The Bertz CT molecular complexity index is 1070. The number of carbonyl (C=O) groups excluding carboxylic acids is 1. The van der Waals surface area contributed by atoms with Crippen LogP contribution in [0, 0.1) is 0 Å². The Morgan fingerprint density at radius 2 is 1.73 bits per heavy atom. The lowest BCUT2D eigenvalue weighted by Gasteiger charge is -2.37. The molecule has 0 aliphatic carbocycles. The van der Waals surface area contributed by atoms with Crippen LogP contribution in [0.4, 0.5) is 19.3 Å². The van der Waals surface area contributed by atoms with Crippen molar-refractivity contribution in [2.75, 3.05) is 37.6 Å². The lowest BCUT2D eigenvalue weighted by Crippen LogP contribution is -2.52. The minimum Gasteiger partial charge on any atom is -0.415 e. The van der Waals surface area contributed by atoms with Crippen molar-refractivity contribution in [2.45, 2.75) is 19.9 Å². The monoisotopic (exact) mass is 475 g/mol. The van der Waals surface area contributed by atoms with E-state index in [0.717, 1.165) is 30.9 Å². The molecule has 1 aromatic heterocycles. The molecule has 1 aliphatic heterocycles. The van der Waals surface area contributed by atoms with Crippen molar-refractivity contribution in [3.63, 3.8) is 0 Å². The van der Waals surface area contributed by atoms with Crippen molar-refractivity contribution < 1.29 is 18.0 Å². The Morgan fingerprint density at radius 1 is 1.06 bits per heavy atom. The van der Waals surface area contributed by atoms with E-state index in [1.54, 1.807) is 29.2 Å². The van der Waals surface area contributed by atoms with Crippen LogP contribution in [0.2, 0.25) is 5.02 Å². The predicted octanol–water partition coefficient (Wildman–Crippen LogP) is 5.09. The largest absolute Gasteiger partial charge is 0.415 e. The number of nitrogens with zero attached hydrogens (tertiary/aromatic N) is 5. The summed E-state index contributed by atoms with van der Waals surface area (Å²) in [7, 11) is 0. The third-order valence-electron chi connectivity index (χ3n) is 5.63. The van der Waals surface area contributed by atoms with Gasteiger partial charge in [-0.3, -0.25) is 4.90 Å². The second kappa shape index (κ2) is 10.3. The predicted molar refractivity (Wildman–Crippen MR) is 121 cm³/mol. The van der Waals surface area contributed by atoms with Gasteiger partial charge in [0, 0.05) is 42.5 Å². The van der Waals surface area contributed by atoms with Gasteiger partial charge in [-0.15, -0.1) is 10.2 Å². The molecular formula is C23H24ClF2N5O2. The quantitative estimate of drug-likeness (QED) is 0.496. The molecule has 7 nitrogen and oxygen atoms in total. The molecule has 3 aromatic rings. The number of anilines is 1. The topological polar surface area (TPSA) is 65.7 Å². The van der Waals surface area contributed by atoms with Gasteiger partial charge in [0.1, 0.15) is 0 Å². The number of halogens is 3. The summed E-state index contributed by atoms with van der Waals surface area (Å²) in [6.07, 6.45) is -2.82. The lowest BCUT2D eigenvalue weighted by molar-refractivity contribution is 0.116. The number of rotatable bonds is 6. The summed E-state index contributed by atoms with van der Waals surface area (Å²) in [5, 5.41) is 7.62. The maximum atomic E-state index is 13.4. The van der Waals surface area contributed by atoms with Crippen molar-refractivity contribution >= 4 is 23.3 Å². The van der Waals surface area contributed by atoms with Crippen molar-refractivity contribution in [3.8, 4) is 11.5 Å². The average Bonchev–Trinajstić information content (AvgIpc) is 3.34. The Hall–Kier alpha value is -3.04. The second-order valence-electron chi connectivity index (χ2n) is 7.71. The number of benzene rings is 2. The van der Waals surface area contributed by atoms with Gasteiger partial charge in [-0.1, -0.05) is 30.7 Å². The third-order valence-corrected chi connectivity index (χ3v) is 5.88. The zero-order valence-corrected chi connectivity index (χ0v) is 18.9. The fraction of sp³-hybridized carbons (Fsp3) is 0.348. The fourth-order valence-electron chi connectivity index (χ4n) is 3.69. The number of hydrogen-bond donors (Lipinski definition) is 0. The van der Waals surface area contributed by atoms with Crippen LogP contribution < -0.4 is 4.90 Å². The van der Waals surface area contributed by atoms with Crippen molar-refractivity contribution in [2.24, 2.45) is 0 Å². The van der Waals surface area contributed by atoms with Crippen LogP contribution >= 0.6 is 11.6 Å². The number of carbonyl (C=O) groups is 1. The van der Waals surface area contributed by atoms with E-state index in [4.69, 9.17) is 16.0 Å². The fourth-order valence-corrected chi connectivity index (χ4v) is 3.82. The molecule has 0 unspecified atom stereocenters. The zero-order valence-electron chi connectivity index (χ0n) is 18.1. The van der Waals surface area contributed by atoms with Gasteiger partial charge in [0.2, 0.25) is 5.89 Å². The molecule has 1 saturated heterocycles. The average molecular weight is 476 g/mol. The molecule has 2 aromatic carbocycles. The highest BCUT2D eigenvalue weighted by Gasteiger charge is 2.26. The smallest absolute Gasteiger partial charge is 0.324 e. The minimum absolute atomic E-state index is 0.0243. The SMILES string of the molecule is CCN1CCN(C(=O)N(Cc2ccc(-c3nnc(C(F)F)o3)cc2)c2ccc(Cl)cc2)CC1. The summed E-state index contributed by atoms with van der Waals surface area (Å²) in [6, 6.07) is 14.1. The van der Waals surface area contributed by atoms with E-state index in [2.05, 4.69) is 22.0 Å². The maximum absolute atomic E-state index is 13.4. The summed E-state index contributed by atoms with van der Waals surface area (Å²) in [4.78, 5) is 19.3. The van der Waals surface area contributed by atoms with Gasteiger partial charge < -0.3 is 14.2 Å². The molecule has 2 amide bonds. The first-order valence-corrected chi connectivity index (χ1v) is 11.1. The number of alkyl halides is 2. The summed E-state index contributed by atoms with van der Waals surface area (Å²) >= 11 is 6.05. The van der Waals surface area contributed by atoms with Crippen molar-refractivity contribution in [1.82, 2.24) is 20.0 Å². The number of aromatic nitrogens is 2. The molecule has 174 valence electrons. The molecule has 0 saturated carbocycles. The third kappa shape index (κ3) is 5.48. The first-order chi connectivity index (χ1) is 15.9. The van der Waals surface area contributed by atoms with E-state index < -0.39 is 12.3 Å². The molecule has 4 rings (SSSR count). The Balaban J connectivity index is 1.53. The van der Waals surface area contributed by atoms with E-state index in [1.807, 2.05) is 29.2 Å². The Labute approximate surface area is 195 Å². The van der Waals surface area contributed by atoms with Crippen LogP contribution in [0.3, 0.4) is 0 Å². The molecule has 2 heterocycles. The Kier molecular flexibility index (Phi) is 7.20. The van der Waals surface area contributed by atoms with E-state index in [-0.39, 0.29) is 11.9 Å². The van der Waals surface area contributed by atoms with Gasteiger partial charge in [0.25, 0.3) is 5.89 Å². The van der Waals surface area contributed by atoms with Crippen LogP contribution in [0.15, 0.2) is 52.9 Å². The molecule has 0 N–H and O–H groups in total. The standard InChI is InChI=1S/C23H24ClF2N5O2/c1-2-29-11-13-30(14-12-29)23(32)31(19-9-7-18(24)8-10-19)15-16-3-5-17(6-4-16)21-27-28-22(33-21)20(25)26/h3-10,20H,2,11-15H2,1H3. The molecule has 10 heteroatoms. The van der Waals surface area contributed by atoms with Crippen LogP contribution in [0.5, 0.6) is 0 Å². The van der Waals surface area contributed by atoms with Gasteiger partial charge in [-0.05, 0) is 48.5 Å². The van der Waals surface area contributed by atoms with Gasteiger partial charge >= 0.3 is 12.5 Å². The summed E-state index contributed by atoms with van der Waals surface area (Å²) < 4.78 is 30.4. The highest BCUT2D eigenvalue weighted by atomic mass is 35.5. The number of urea groups is 1. The molecule has 0 spiro atoms. The summed E-state index contributed by atoms with van der Waals surface area (Å²) in [5.74, 6) is -0.687. The molecule has 33 heavy (non-hydrogen) atoms. The molecule has 0 atom stereocenters. The van der Waals surface area contributed by atoms with E-state index >= 15 is 0 Å². The Morgan fingerprint density at radius 3 is 2.30 bits per heavy atom. The van der Waals surface area contributed by atoms with Crippen molar-refractivity contribution in [1.29, 1.82) is 0 Å². The normalized spacial score (nSPS) is 14.6. The number of hydrogen-bond acceptors (Lipinski definition) is 5. The highest BCUT2D eigenvalue weighted by Crippen LogP contribution is 2.26. The number of amides is 2. The summed E-state index contributed by atoms with van der Waals surface area (Å²) in [5.41, 5.74) is 2.13. The van der Waals surface area contributed by atoms with E-state index in [9.17, 15) is 13.6 Å². The van der Waals surface area contributed by atoms with Crippen LogP contribution in [-0.2, 0) is 6.54 Å². The van der Waals surface area contributed by atoms with Gasteiger partial charge in [-0.25, -0.2) is 4.79 Å². The van der Waals surface area contributed by atoms with E-state index in [0.29, 0.717) is 30.2 Å². The minimum atomic E-state index is -2.82. The van der Waals surface area contributed by atoms with Gasteiger partial charge in [-0.2, -0.15) is 8.78 Å². The number of piperazine rings is 1. The van der Waals surface area contributed by atoms with E-state index in [1.165, 1.54) is 0 Å².